The minimum atomic E-state index is 0.0325. The van der Waals surface area contributed by atoms with Crippen molar-refractivity contribution in [2.24, 2.45) is 5.73 Å². The maximum Gasteiger partial charge on any atom is 0.224 e. The van der Waals surface area contributed by atoms with Gasteiger partial charge in [-0.2, -0.15) is 4.98 Å². The highest BCUT2D eigenvalue weighted by molar-refractivity contribution is 7.20. The van der Waals surface area contributed by atoms with Gasteiger partial charge in [-0.05, 0) is 54.1 Å². The molecule has 1 atom stereocenters. The van der Waals surface area contributed by atoms with Crippen LogP contribution in [0.25, 0.3) is 21.3 Å². The molecule has 144 valence electrons. The lowest BCUT2D eigenvalue weighted by Crippen LogP contribution is -2.17. The lowest BCUT2D eigenvalue weighted by Gasteiger charge is -2.08. The topological polar surface area (TPSA) is 63.8 Å². The number of anilines is 1. The van der Waals surface area contributed by atoms with Crippen LogP contribution >= 0.6 is 45.9 Å². The van der Waals surface area contributed by atoms with Gasteiger partial charge in [-0.25, -0.2) is 4.98 Å². The second kappa shape index (κ2) is 8.35. The summed E-state index contributed by atoms with van der Waals surface area (Å²) in [7, 11) is 0. The molecule has 4 aromatic rings. The average Bonchev–Trinajstić information content (AvgIpc) is 3.28. The summed E-state index contributed by atoms with van der Waals surface area (Å²) in [6.07, 6.45) is 0.751. The van der Waals surface area contributed by atoms with Crippen LogP contribution in [0.3, 0.4) is 0 Å². The number of nitrogens with two attached hydrogens (primary N) is 1. The largest absolute Gasteiger partial charge is 0.364 e. The van der Waals surface area contributed by atoms with Crippen molar-refractivity contribution >= 4 is 61.9 Å². The molecular formula is C20H18Cl2N4S2. The molecule has 1 unspecified atom stereocenters. The van der Waals surface area contributed by atoms with Crippen molar-refractivity contribution in [3.63, 3.8) is 0 Å². The van der Waals surface area contributed by atoms with Crippen LogP contribution in [0.15, 0.2) is 41.8 Å². The smallest absolute Gasteiger partial charge is 0.224 e. The van der Waals surface area contributed by atoms with Crippen LogP contribution < -0.4 is 11.1 Å². The lowest BCUT2D eigenvalue weighted by molar-refractivity contribution is 0.747. The van der Waals surface area contributed by atoms with Crippen molar-refractivity contribution in [2.75, 3.05) is 5.32 Å². The van der Waals surface area contributed by atoms with Gasteiger partial charge in [0, 0.05) is 26.4 Å². The van der Waals surface area contributed by atoms with Crippen LogP contribution in [0.2, 0.25) is 10.3 Å². The highest BCUT2D eigenvalue weighted by atomic mass is 35.5. The fourth-order valence-electron chi connectivity index (χ4n) is 3.05. The first-order valence-electron chi connectivity index (χ1n) is 8.78. The standard InChI is InChI=1S/C20H18Cl2N4S2/c1-11(23)9-15-16(12-4-6-13(21)7-5-12)17-18(28-15)19(26-20(22)25-17)24-10-14-3-2-8-27-14/h2-8,11H,9-10,23H2,1H3,(H,24,25,26). The van der Waals surface area contributed by atoms with Gasteiger partial charge in [0.1, 0.15) is 5.82 Å². The molecule has 1 aromatic carbocycles. The van der Waals surface area contributed by atoms with Gasteiger partial charge in [-0.1, -0.05) is 29.8 Å². The number of hydrogen-bond donors (Lipinski definition) is 2. The molecule has 3 heterocycles. The highest BCUT2D eigenvalue weighted by Crippen LogP contribution is 2.42. The van der Waals surface area contributed by atoms with E-state index < -0.39 is 0 Å². The van der Waals surface area contributed by atoms with Crippen LogP contribution in [0.1, 0.15) is 16.7 Å². The van der Waals surface area contributed by atoms with Gasteiger partial charge in [-0.3, -0.25) is 0 Å². The average molecular weight is 449 g/mol. The van der Waals surface area contributed by atoms with E-state index >= 15 is 0 Å². The number of thiophene rings is 2. The predicted octanol–water partition coefficient (Wildman–Crippen LogP) is 6.23. The van der Waals surface area contributed by atoms with Gasteiger partial charge in [-0.15, -0.1) is 22.7 Å². The Morgan fingerprint density at radius 1 is 1.14 bits per heavy atom. The number of nitrogens with one attached hydrogen (secondary N) is 1. The van der Waals surface area contributed by atoms with Crippen LogP contribution in [0.5, 0.6) is 0 Å². The zero-order chi connectivity index (χ0) is 19.7. The van der Waals surface area contributed by atoms with Gasteiger partial charge < -0.3 is 11.1 Å². The Bertz CT molecular complexity index is 1090. The monoisotopic (exact) mass is 448 g/mol. The molecule has 3 N–H and O–H groups in total. The number of aromatic nitrogens is 2. The minimum Gasteiger partial charge on any atom is -0.364 e. The first-order valence-corrected chi connectivity index (χ1v) is 11.2. The lowest BCUT2D eigenvalue weighted by atomic mass is 10.0. The van der Waals surface area contributed by atoms with E-state index in [2.05, 4.69) is 26.7 Å². The van der Waals surface area contributed by atoms with E-state index in [0.717, 1.165) is 33.6 Å². The maximum atomic E-state index is 6.28. The summed E-state index contributed by atoms with van der Waals surface area (Å²) in [5.74, 6) is 0.750. The summed E-state index contributed by atoms with van der Waals surface area (Å²) in [5, 5.41) is 6.40. The third kappa shape index (κ3) is 4.16. The molecule has 4 nitrogen and oxygen atoms in total. The highest BCUT2D eigenvalue weighted by Gasteiger charge is 2.20. The Kier molecular flexibility index (Phi) is 5.85. The Hall–Kier alpha value is -1.70. The Balaban J connectivity index is 1.85. The molecule has 0 radical (unpaired) electrons. The maximum absolute atomic E-state index is 6.28. The number of fused-ring (bicyclic) bond motifs is 1. The first kappa shape index (κ1) is 19.6. The molecular weight excluding hydrogens is 431 g/mol. The molecule has 4 rings (SSSR count). The summed E-state index contributed by atoms with van der Waals surface area (Å²) in [5.41, 5.74) is 9.06. The Morgan fingerprint density at radius 2 is 1.93 bits per heavy atom. The number of halogens is 2. The number of nitrogens with zero attached hydrogens (tertiary/aromatic N) is 2. The number of hydrogen-bond acceptors (Lipinski definition) is 6. The molecule has 0 saturated heterocycles. The van der Waals surface area contributed by atoms with E-state index in [0.29, 0.717) is 11.6 Å². The van der Waals surface area contributed by atoms with E-state index in [1.165, 1.54) is 9.75 Å². The second-order valence-corrected chi connectivity index (χ2v) is 9.45. The van der Waals surface area contributed by atoms with Crippen molar-refractivity contribution in [3.05, 3.63) is 61.8 Å². The minimum absolute atomic E-state index is 0.0325. The third-order valence-electron chi connectivity index (χ3n) is 4.23. The molecule has 0 amide bonds. The van der Waals surface area contributed by atoms with Crippen molar-refractivity contribution in [1.82, 2.24) is 9.97 Å². The van der Waals surface area contributed by atoms with Crippen molar-refractivity contribution in [3.8, 4) is 11.1 Å². The number of rotatable bonds is 6. The zero-order valence-corrected chi connectivity index (χ0v) is 18.2. The van der Waals surface area contributed by atoms with Crippen LogP contribution in [0, 0.1) is 0 Å². The van der Waals surface area contributed by atoms with Crippen LogP contribution in [0.4, 0.5) is 5.82 Å². The van der Waals surface area contributed by atoms with E-state index in [-0.39, 0.29) is 11.3 Å². The molecule has 0 saturated carbocycles. The molecule has 0 aliphatic carbocycles. The molecule has 0 bridgehead atoms. The van der Waals surface area contributed by atoms with Crippen LogP contribution in [-0.4, -0.2) is 16.0 Å². The van der Waals surface area contributed by atoms with Gasteiger partial charge in [0.25, 0.3) is 0 Å². The van der Waals surface area contributed by atoms with Gasteiger partial charge >= 0.3 is 0 Å². The molecule has 8 heteroatoms. The second-order valence-electron chi connectivity index (χ2n) is 6.54. The van der Waals surface area contributed by atoms with E-state index in [1.807, 2.05) is 37.3 Å². The number of benzene rings is 1. The van der Waals surface area contributed by atoms with Gasteiger partial charge in [0.15, 0.2) is 0 Å². The molecule has 28 heavy (non-hydrogen) atoms. The van der Waals surface area contributed by atoms with Crippen molar-refractivity contribution < 1.29 is 0 Å². The van der Waals surface area contributed by atoms with Crippen molar-refractivity contribution in [1.29, 1.82) is 0 Å². The fourth-order valence-corrected chi connectivity index (χ4v) is 5.36. The molecule has 0 aliphatic heterocycles. The molecule has 0 fully saturated rings. The first-order chi connectivity index (χ1) is 13.5. The summed E-state index contributed by atoms with van der Waals surface area (Å²) in [6, 6.07) is 11.9. The summed E-state index contributed by atoms with van der Waals surface area (Å²) >= 11 is 15.7. The summed E-state index contributed by atoms with van der Waals surface area (Å²) in [6.45, 7) is 2.70. The summed E-state index contributed by atoms with van der Waals surface area (Å²) < 4.78 is 0.988. The summed E-state index contributed by atoms with van der Waals surface area (Å²) in [4.78, 5) is 11.4. The quantitative estimate of drug-likeness (QED) is 0.343. The van der Waals surface area contributed by atoms with Gasteiger partial charge in [0.05, 0.1) is 16.8 Å². The van der Waals surface area contributed by atoms with Gasteiger partial charge in [0.2, 0.25) is 5.28 Å². The molecule has 0 aliphatic rings. The zero-order valence-electron chi connectivity index (χ0n) is 15.1. The normalized spacial score (nSPS) is 12.4. The molecule has 3 aromatic heterocycles. The Labute approximate surface area is 181 Å². The third-order valence-corrected chi connectivity index (χ3v) is 6.74. The van der Waals surface area contributed by atoms with Crippen LogP contribution in [-0.2, 0) is 13.0 Å². The molecule has 0 spiro atoms. The van der Waals surface area contributed by atoms with E-state index in [9.17, 15) is 0 Å². The fraction of sp³-hybridized carbons (Fsp3) is 0.200. The SMILES string of the molecule is CC(N)Cc1sc2c(NCc3cccs3)nc(Cl)nc2c1-c1ccc(Cl)cc1. The Morgan fingerprint density at radius 3 is 2.61 bits per heavy atom. The van der Waals surface area contributed by atoms with E-state index in [4.69, 9.17) is 28.9 Å². The predicted molar refractivity (Wildman–Crippen MR) is 122 cm³/mol. The van der Waals surface area contributed by atoms with Crippen molar-refractivity contribution in [2.45, 2.75) is 25.9 Å². The van der Waals surface area contributed by atoms with E-state index in [1.54, 1.807) is 22.7 Å².